The van der Waals surface area contributed by atoms with Crippen LogP contribution in [0.3, 0.4) is 0 Å². The van der Waals surface area contributed by atoms with Crippen molar-refractivity contribution in [2.24, 2.45) is 44.5 Å². The van der Waals surface area contributed by atoms with Crippen LogP contribution in [-0.2, 0) is 169 Å². The summed E-state index contributed by atoms with van der Waals surface area (Å²) in [5.41, 5.74) is 46.1. The molecular formula is C132H173Br6Mo3N6O3-3. The molecule has 0 radical (unpaired) electrons. The van der Waals surface area contributed by atoms with E-state index in [9.17, 15) is 15.3 Å². The minimum atomic E-state index is -0.415. The number of hydrogen-bond donors (Lipinski definition) is 3. The van der Waals surface area contributed by atoms with E-state index in [1.54, 1.807) is 16.7 Å². The summed E-state index contributed by atoms with van der Waals surface area (Å²) in [6.45, 7) is 52.4. The van der Waals surface area contributed by atoms with Crippen LogP contribution in [0.5, 0.6) is 17.2 Å². The molecule has 10 aliphatic carbocycles. The molecule has 3 heterocycles. The van der Waals surface area contributed by atoms with Crippen molar-refractivity contribution in [3.8, 4) is 17.2 Å². The number of benzene rings is 8. The third kappa shape index (κ3) is 35.7. The summed E-state index contributed by atoms with van der Waals surface area (Å²) in [6, 6.07) is 38.5. The van der Waals surface area contributed by atoms with Crippen molar-refractivity contribution >= 4 is 120 Å². The Bertz CT molecular complexity index is 5900. The number of phenols is 3. The number of phenolic OH excluding ortho intramolecular Hbond substituents is 3. The Kier molecular flexibility index (Phi) is 47.4. The second-order valence-electron chi connectivity index (χ2n) is 48.2. The Labute approximate surface area is 979 Å². The van der Waals surface area contributed by atoms with Crippen molar-refractivity contribution in [2.45, 2.75) is 415 Å². The summed E-state index contributed by atoms with van der Waals surface area (Å²) in [7, 11) is 0. The van der Waals surface area contributed by atoms with Crippen LogP contribution in [0.15, 0.2) is 147 Å². The average molecular weight is 2660 g/mol. The molecule has 10 aliphatic rings. The van der Waals surface area contributed by atoms with Gasteiger partial charge in [-0.3, -0.25) is 0 Å². The third-order valence-corrected chi connectivity index (χ3v) is 44.1. The molecular weight excluding hydrogens is 2480 g/mol. The van der Waals surface area contributed by atoms with Crippen LogP contribution >= 0.6 is 95.6 Å². The summed E-state index contributed by atoms with van der Waals surface area (Å²) in [6.07, 6.45) is 44.2. The standard InChI is InChI=1S/3C23H26Br2O.C12H17N.C10H15N.C8H9N.3C6H8N.3C5H10.3Mo/c3*1-14-17(18-8-4-2-6-15(18)12-21(14)24)10-11-20-19-9-5-3-7-16(19)13-22(25)23(20)26;1-8(2)10-6-5-7-11(9(3)4)12(10)13;11-10-4-7-1-8(5-10)3-9(2-7)6-10;1-6-4-3-5-7(2)8(6)9;3*1-5-3-4-6(2)7-5;3*1-5(2,3)4;;;/h3*12-13,26H,2-11H2,1H3;5-9H,1-4H3;7-9H,1-6H2;3-5H,1-2H3;3*3-4H,1-2H3;3*1H,2-4H3;;;/q;;;;;;3*-1;;;;;;. The van der Waals surface area contributed by atoms with Gasteiger partial charge in [0.15, 0.2) is 0 Å². The van der Waals surface area contributed by atoms with Gasteiger partial charge in [0, 0.05) is 13.4 Å². The van der Waals surface area contributed by atoms with E-state index >= 15 is 0 Å². The zero-order chi connectivity index (χ0) is 109. The topological polar surface area (TPSA) is 140 Å². The minimum absolute atomic E-state index is 0.214. The molecule has 150 heavy (non-hydrogen) atoms. The maximum atomic E-state index is 10.7. The van der Waals surface area contributed by atoms with Gasteiger partial charge in [0.1, 0.15) is 17.2 Å². The van der Waals surface area contributed by atoms with Gasteiger partial charge in [-0.1, -0.05) is 126 Å². The molecule has 8 aromatic carbocycles. The fourth-order valence-corrected chi connectivity index (χ4v) is 32.5. The number of aromatic hydroxyl groups is 3. The second-order valence-corrected chi connectivity index (χ2v) is 58.0. The molecule has 3 N–H and O–H groups in total. The number of halogens is 6. The van der Waals surface area contributed by atoms with E-state index in [1.165, 1.54) is 301 Å². The molecule has 4 bridgehead atoms. The molecule has 3 aromatic heterocycles. The second kappa shape index (κ2) is 57.6. The number of nitrogens with zero attached hydrogens (tertiary/aromatic N) is 6. The third-order valence-electron chi connectivity index (χ3n) is 31.2. The molecule has 9 nitrogen and oxygen atoms in total. The van der Waals surface area contributed by atoms with Crippen LogP contribution in [0, 0.1) is 110 Å². The van der Waals surface area contributed by atoms with Crippen LogP contribution in [0.2, 0.25) is 0 Å². The summed E-state index contributed by atoms with van der Waals surface area (Å²) < 4.78 is 28.7. The van der Waals surface area contributed by atoms with Crippen LogP contribution < -0.4 is 15.0 Å². The van der Waals surface area contributed by atoms with Crippen LogP contribution in [0.4, 0.5) is 11.4 Å². The first-order valence-corrected chi connectivity index (χ1v) is 67.0. The number of rotatable bonds is 14. The Morgan fingerprint density at radius 2 is 0.540 bits per heavy atom. The van der Waals surface area contributed by atoms with E-state index in [0.29, 0.717) is 45.5 Å². The maximum absolute atomic E-state index is 10.7. The molecule has 0 unspecified atom stereocenters. The number of hydrogen-bond acceptors (Lipinski definition) is 6. The van der Waals surface area contributed by atoms with E-state index < -0.39 is 17.9 Å². The first-order valence-electron chi connectivity index (χ1n) is 56.1. The van der Waals surface area contributed by atoms with Gasteiger partial charge in [0.05, 0.1) is 13.4 Å². The van der Waals surface area contributed by atoms with Gasteiger partial charge in [-0.15, -0.1) is 0 Å². The number of fused-ring (bicyclic) bond motifs is 6. The molecule has 4 fully saturated rings. The van der Waals surface area contributed by atoms with Crippen LogP contribution in [0.25, 0.3) is 0 Å². The molecule has 21 rings (SSSR count). The SMILES string of the molecule is CC(C)(C)[CH]=[Mo]=[N]C12CC3CC(CC(C3)C1)C2.CC(C)c1cccc(C(C)C)c1[N]=[Mo]=[CH]C(C)(C)C.Cc1c(Br)cc2c(c1CCc1c(O)c(Br)cc3c1CCCC3)CCCC2.Cc1c(Br)cc2c(c1CCc1c(O)c(Br)cc3c1CCCC3)CCCC2.Cc1c(Br)cc2c(c1CCc1c(O)c(Br)cc3c1CCCC3)CCCC2.Cc1ccc(C)[n-]1.Cc1ccc(C)[n-]1.Cc1ccc(C)[n-]1.Cc1cccc(C)c1[N]=[Mo]=[CH]C(C)(C)C. The van der Waals surface area contributed by atoms with Crippen molar-refractivity contribution in [3.05, 3.63) is 309 Å². The average Bonchev–Trinajstić information content (AvgIpc) is 0.784. The summed E-state index contributed by atoms with van der Waals surface area (Å²) >= 11 is 21.1. The molecule has 11 aromatic rings. The first-order chi connectivity index (χ1) is 71.1. The zero-order valence-electron chi connectivity index (χ0n) is 95.0. The first kappa shape index (κ1) is 124. The van der Waals surface area contributed by atoms with Crippen molar-refractivity contribution in [3.63, 3.8) is 0 Å². The molecule has 0 amide bonds. The van der Waals surface area contributed by atoms with Gasteiger partial charge in [-0.05, 0) is 414 Å². The molecule has 0 spiro atoms. The van der Waals surface area contributed by atoms with Crippen LogP contribution in [-0.4, -0.2) is 34.1 Å². The predicted octanol–water partition coefficient (Wildman–Crippen LogP) is 37.9. The zero-order valence-corrected chi connectivity index (χ0v) is 111. The van der Waals surface area contributed by atoms with Gasteiger partial charge < -0.3 is 30.3 Å². The summed E-state index contributed by atoms with van der Waals surface area (Å²) in [5.74, 6) is 5.62. The Morgan fingerprint density at radius 1 is 0.313 bits per heavy atom. The van der Waals surface area contributed by atoms with E-state index in [2.05, 4.69) is 321 Å². The van der Waals surface area contributed by atoms with E-state index in [-0.39, 0.29) is 41.3 Å². The number of aryl methyl sites for hydroxylation is 14. The fourth-order valence-electron chi connectivity index (χ4n) is 23.9. The van der Waals surface area contributed by atoms with Gasteiger partial charge in [-0.25, -0.2) is 0 Å². The molecule has 4 saturated carbocycles. The molecule has 812 valence electrons. The molecule has 0 aliphatic heterocycles. The van der Waals surface area contributed by atoms with Crippen molar-refractivity contribution < 1.29 is 69.1 Å². The van der Waals surface area contributed by atoms with Crippen LogP contribution in [0.1, 0.15) is 391 Å². The Morgan fingerprint density at radius 3 is 0.787 bits per heavy atom. The van der Waals surface area contributed by atoms with Crippen molar-refractivity contribution in [1.29, 1.82) is 0 Å². The normalized spacial score (nSPS) is 17.3. The molecule has 18 heteroatoms. The van der Waals surface area contributed by atoms with Crippen molar-refractivity contribution in [2.75, 3.05) is 0 Å². The van der Waals surface area contributed by atoms with Crippen molar-refractivity contribution in [1.82, 2.24) is 15.0 Å². The van der Waals surface area contributed by atoms with Gasteiger partial charge in [0.2, 0.25) is 0 Å². The quantitative estimate of drug-likeness (QED) is 0.0927. The van der Waals surface area contributed by atoms with E-state index in [0.717, 1.165) is 142 Å². The molecule has 0 atom stereocenters. The number of aromatic nitrogens is 3. The van der Waals surface area contributed by atoms with E-state index in [1.807, 2.05) is 77.9 Å². The van der Waals surface area contributed by atoms with E-state index in [4.69, 9.17) is 10.5 Å². The Balaban J connectivity index is 0.000000154. The van der Waals surface area contributed by atoms with Gasteiger partial charge >= 0.3 is 341 Å². The van der Waals surface area contributed by atoms with Gasteiger partial charge in [-0.2, -0.15) is 34.2 Å². The Hall–Kier alpha value is -5.05. The van der Waals surface area contributed by atoms with Gasteiger partial charge in [0.25, 0.3) is 0 Å². The summed E-state index contributed by atoms with van der Waals surface area (Å²) in [5, 5.41) is 32.2. The molecule has 0 saturated heterocycles. The monoisotopic (exact) mass is 2660 g/mol. The predicted molar refractivity (Wildman–Crippen MR) is 648 cm³/mol. The fraction of sp³-hybridized carbons (Fsp3) is 0.523. The summed E-state index contributed by atoms with van der Waals surface area (Å²) in [4.78, 5) is 12.3.